The van der Waals surface area contributed by atoms with E-state index in [2.05, 4.69) is 48.0 Å². The molecule has 1 nitrogen and oxygen atoms in total. The van der Waals surface area contributed by atoms with Gasteiger partial charge in [0.15, 0.2) is 0 Å². The van der Waals surface area contributed by atoms with Gasteiger partial charge < -0.3 is 4.74 Å². The first-order valence-corrected chi connectivity index (χ1v) is 7.67. The Kier molecular flexibility index (Phi) is 4.46. The highest BCUT2D eigenvalue weighted by Crippen LogP contribution is 2.34. The molecule has 0 aliphatic carbocycles. The molecule has 1 aromatic heterocycles. The fourth-order valence-corrected chi connectivity index (χ4v) is 3.67. The van der Waals surface area contributed by atoms with Gasteiger partial charge in [0.25, 0.3) is 0 Å². The Bertz CT molecular complexity index is 514. The second kappa shape index (κ2) is 5.89. The summed E-state index contributed by atoms with van der Waals surface area (Å²) in [5.41, 5.74) is 2.67. The van der Waals surface area contributed by atoms with Gasteiger partial charge in [-0.1, -0.05) is 28.1 Å². The van der Waals surface area contributed by atoms with Gasteiger partial charge in [-0.3, -0.25) is 0 Å². The van der Waals surface area contributed by atoms with Crippen LogP contribution in [0.25, 0.3) is 0 Å². The average Bonchev–Trinajstić information content (AvgIpc) is 2.70. The van der Waals surface area contributed by atoms with Crippen molar-refractivity contribution in [3.8, 4) is 5.75 Å². The monoisotopic (exact) mass is 324 g/mol. The molecule has 0 N–H and O–H groups in total. The lowest BCUT2D eigenvalue weighted by atomic mass is 10.1. The summed E-state index contributed by atoms with van der Waals surface area (Å²) in [4.78, 5) is 3.18. The van der Waals surface area contributed by atoms with E-state index in [1.54, 1.807) is 7.11 Å². The molecule has 1 atom stereocenters. The molecule has 0 saturated heterocycles. The smallest absolute Gasteiger partial charge is 0.119 e. The maximum atomic E-state index is 5.25. The van der Waals surface area contributed by atoms with Crippen LogP contribution < -0.4 is 4.74 Å². The van der Waals surface area contributed by atoms with Crippen molar-refractivity contribution in [2.45, 2.75) is 25.1 Å². The van der Waals surface area contributed by atoms with E-state index in [1.165, 1.54) is 20.9 Å². The largest absolute Gasteiger partial charge is 0.497 e. The number of benzene rings is 1. The van der Waals surface area contributed by atoms with Crippen LogP contribution in [0.2, 0.25) is 0 Å². The highest BCUT2D eigenvalue weighted by molar-refractivity contribution is 9.09. The number of halogens is 1. The lowest BCUT2D eigenvalue weighted by Gasteiger charge is -2.09. The number of rotatable bonds is 4. The normalized spacial score (nSPS) is 12.4. The molecule has 1 aromatic carbocycles. The third kappa shape index (κ3) is 3.15. The predicted molar refractivity (Wildman–Crippen MR) is 82.2 cm³/mol. The summed E-state index contributed by atoms with van der Waals surface area (Å²) in [6.07, 6.45) is 0.983. The molecule has 96 valence electrons. The SMILES string of the molecule is COc1cccc(CC(Br)c2cc(C)c(C)s2)c1. The summed E-state index contributed by atoms with van der Waals surface area (Å²) >= 11 is 5.66. The van der Waals surface area contributed by atoms with Crippen LogP contribution >= 0.6 is 27.3 Å². The van der Waals surface area contributed by atoms with Crippen LogP contribution in [0, 0.1) is 13.8 Å². The second-order valence-electron chi connectivity index (χ2n) is 4.41. The first-order chi connectivity index (χ1) is 8.60. The Morgan fingerprint density at radius 2 is 2.06 bits per heavy atom. The van der Waals surface area contributed by atoms with Gasteiger partial charge in [-0.15, -0.1) is 11.3 Å². The van der Waals surface area contributed by atoms with Gasteiger partial charge in [-0.25, -0.2) is 0 Å². The van der Waals surface area contributed by atoms with E-state index in [1.807, 2.05) is 23.5 Å². The standard InChI is InChI=1S/C15H17BrOS/c1-10-7-15(18-11(10)2)14(16)9-12-5-4-6-13(8-12)17-3/h4-8,14H,9H2,1-3H3. The van der Waals surface area contributed by atoms with Crippen LogP contribution in [0.1, 0.15) is 25.7 Å². The van der Waals surface area contributed by atoms with Crippen LogP contribution in [0.4, 0.5) is 0 Å². The Hall–Kier alpha value is -0.800. The van der Waals surface area contributed by atoms with E-state index in [4.69, 9.17) is 4.74 Å². The third-order valence-corrected chi connectivity index (χ3v) is 5.43. The number of hydrogen-bond donors (Lipinski definition) is 0. The molecule has 18 heavy (non-hydrogen) atoms. The molecule has 0 aliphatic heterocycles. The van der Waals surface area contributed by atoms with Crippen molar-refractivity contribution in [2.75, 3.05) is 7.11 Å². The lowest BCUT2D eigenvalue weighted by molar-refractivity contribution is 0.414. The van der Waals surface area contributed by atoms with E-state index in [0.717, 1.165) is 12.2 Å². The zero-order valence-electron chi connectivity index (χ0n) is 10.9. The van der Waals surface area contributed by atoms with Gasteiger partial charge in [-0.05, 0) is 49.6 Å². The highest BCUT2D eigenvalue weighted by atomic mass is 79.9. The Labute approximate surface area is 121 Å². The number of alkyl halides is 1. The van der Waals surface area contributed by atoms with Crippen molar-refractivity contribution in [3.63, 3.8) is 0 Å². The number of methoxy groups -OCH3 is 1. The third-order valence-electron chi connectivity index (χ3n) is 3.04. The maximum absolute atomic E-state index is 5.25. The van der Waals surface area contributed by atoms with Crippen LogP contribution in [0.15, 0.2) is 30.3 Å². The van der Waals surface area contributed by atoms with Crippen LogP contribution in [-0.2, 0) is 6.42 Å². The minimum Gasteiger partial charge on any atom is -0.497 e. The molecular formula is C15H17BrOS. The fraction of sp³-hybridized carbons (Fsp3) is 0.333. The molecule has 1 heterocycles. The van der Waals surface area contributed by atoms with E-state index in [9.17, 15) is 0 Å². The van der Waals surface area contributed by atoms with Crippen molar-refractivity contribution >= 4 is 27.3 Å². The number of ether oxygens (including phenoxy) is 1. The van der Waals surface area contributed by atoms with Gasteiger partial charge in [0.05, 0.1) is 11.9 Å². The zero-order valence-corrected chi connectivity index (χ0v) is 13.3. The second-order valence-corrected chi connectivity index (χ2v) is 6.80. The van der Waals surface area contributed by atoms with Crippen LogP contribution in [0.3, 0.4) is 0 Å². The summed E-state index contributed by atoms with van der Waals surface area (Å²) in [6, 6.07) is 10.5. The fourth-order valence-electron chi connectivity index (χ4n) is 1.86. The maximum Gasteiger partial charge on any atom is 0.119 e. The van der Waals surface area contributed by atoms with Crippen molar-refractivity contribution < 1.29 is 4.74 Å². The van der Waals surface area contributed by atoms with Gasteiger partial charge >= 0.3 is 0 Å². The van der Waals surface area contributed by atoms with E-state index in [-0.39, 0.29) is 0 Å². The number of hydrogen-bond acceptors (Lipinski definition) is 2. The van der Waals surface area contributed by atoms with Crippen molar-refractivity contribution in [2.24, 2.45) is 0 Å². The number of thiophene rings is 1. The molecule has 0 saturated carbocycles. The molecule has 2 aromatic rings. The first kappa shape index (κ1) is 13.6. The van der Waals surface area contributed by atoms with E-state index >= 15 is 0 Å². The molecule has 0 aliphatic rings. The summed E-state index contributed by atoms with van der Waals surface area (Å²) in [5, 5.41) is 0. The van der Waals surface area contributed by atoms with Crippen molar-refractivity contribution in [1.29, 1.82) is 0 Å². The summed E-state index contributed by atoms with van der Waals surface area (Å²) in [5.74, 6) is 0.922. The van der Waals surface area contributed by atoms with Crippen molar-refractivity contribution in [3.05, 3.63) is 51.2 Å². The quantitative estimate of drug-likeness (QED) is 0.715. The van der Waals surface area contributed by atoms with Crippen molar-refractivity contribution in [1.82, 2.24) is 0 Å². The van der Waals surface area contributed by atoms with Crippen LogP contribution in [-0.4, -0.2) is 7.11 Å². The molecule has 0 fully saturated rings. The molecule has 0 amide bonds. The summed E-state index contributed by atoms with van der Waals surface area (Å²) in [6.45, 7) is 4.34. The van der Waals surface area contributed by atoms with E-state index < -0.39 is 0 Å². The Morgan fingerprint density at radius 1 is 1.28 bits per heavy atom. The van der Waals surface area contributed by atoms with Gasteiger partial charge in [-0.2, -0.15) is 0 Å². The van der Waals surface area contributed by atoms with Crippen LogP contribution in [0.5, 0.6) is 5.75 Å². The predicted octanol–water partition coefficient (Wildman–Crippen LogP) is 5.05. The topological polar surface area (TPSA) is 9.23 Å². The number of aryl methyl sites for hydroxylation is 2. The molecule has 1 unspecified atom stereocenters. The molecule has 0 spiro atoms. The zero-order chi connectivity index (χ0) is 13.1. The molecule has 2 rings (SSSR count). The molecule has 3 heteroatoms. The van der Waals surface area contributed by atoms with E-state index in [0.29, 0.717) is 4.83 Å². The minimum absolute atomic E-state index is 0.377. The van der Waals surface area contributed by atoms with Gasteiger partial charge in [0.1, 0.15) is 5.75 Å². The van der Waals surface area contributed by atoms with Gasteiger partial charge in [0.2, 0.25) is 0 Å². The molecular weight excluding hydrogens is 308 g/mol. The highest BCUT2D eigenvalue weighted by Gasteiger charge is 2.12. The minimum atomic E-state index is 0.377. The summed E-state index contributed by atoms with van der Waals surface area (Å²) < 4.78 is 5.25. The lowest BCUT2D eigenvalue weighted by Crippen LogP contribution is -1.93. The Balaban J connectivity index is 2.13. The molecule has 0 radical (unpaired) electrons. The van der Waals surface area contributed by atoms with Gasteiger partial charge in [0, 0.05) is 9.75 Å². The molecule has 0 bridgehead atoms. The first-order valence-electron chi connectivity index (χ1n) is 5.94. The average molecular weight is 325 g/mol. The Morgan fingerprint density at radius 3 is 2.67 bits per heavy atom. The summed E-state index contributed by atoms with van der Waals surface area (Å²) in [7, 11) is 1.71.